The van der Waals surface area contributed by atoms with Crippen molar-refractivity contribution in [1.29, 1.82) is 0 Å². The van der Waals surface area contributed by atoms with Gasteiger partial charge in [0.1, 0.15) is 6.04 Å². The largest absolute Gasteiger partial charge is 0.350 e. The smallest absolute Gasteiger partial charge is 0.244 e. The van der Waals surface area contributed by atoms with Crippen LogP contribution in [0.4, 0.5) is 5.69 Å². The summed E-state index contributed by atoms with van der Waals surface area (Å²) in [7, 11) is -3.70. The number of sulfonamides is 1. The minimum absolute atomic E-state index is 0.330. The minimum Gasteiger partial charge on any atom is -0.350 e. The standard InChI is InChI=1S/C23H31ClN2O3S/c1-6-17-10-11-18(7-2)19(13-17)15-25-23(27)22(8-3)26(30(5,28)29)20-12-9-16(4)21(24)14-20/h9-14,22H,6-8,15H2,1-5H3,(H,25,27). The van der Waals surface area contributed by atoms with E-state index in [0.29, 0.717) is 23.7 Å². The van der Waals surface area contributed by atoms with Gasteiger partial charge in [-0.25, -0.2) is 8.42 Å². The normalized spacial score (nSPS) is 12.5. The first-order valence-electron chi connectivity index (χ1n) is 10.3. The van der Waals surface area contributed by atoms with Crippen LogP contribution in [-0.4, -0.2) is 26.6 Å². The SMILES string of the molecule is CCc1ccc(CC)c(CNC(=O)C(CC)N(c2ccc(C)c(Cl)c2)S(C)(=O)=O)c1. The Labute approximate surface area is 185 Å². The van der Waals surface area contributed by atoms with Crippen molar-refractivity contribution >= 4 is 33.2 Å². The second-order valence-electron chi connectivity index (χ2n) is 7.44. The van der Waals surface area contributed by atoms with Crippen LogP contribution in [0.3, 0.4) is 0 Å². The number of rotatable bonds is 9. The van der Waals surface area contributed by atoms with Crippen LogP contribution in [0.5, 0.6) is 0 Å². The number of benzene rings is 2. The van der Waals surface area contributed by atoms with E-state index in [2.05, 4.69) is 37.4 Å². The molecule has 7 heteroatoms. The van der Waals surface area contributed by atoms with Crippen LogP contribution in [0.2, 0.25) is 5.02 Å². The van der Waals surface area contributed by atoms with Crippen LogP contribution in [0.1, 0.15) is 49.4 Å². The van der Waals surface area contributed by atoms with Crippen molar-refractivity contribution < 1.29 is 13.2 Å². The molecule has 0 saturated carbocycles. The van der Waals surface area contributed by atoms with E-state index in [-0.39, 0.29) is 5.91 Å². The minimum atomic E-state index is -3.70. The molecule has 0 aromatic heterocycles. The molecule has 0 aliphatic rings. The highest BCUT2D eigenvalue weighted by Gasteiger charge is 2.31. The van der Waals surface area contributed by atoms with Gasteiger partial charge in [0.2, 0.25) is 15.9 Å². The number of amides is 1. The third-order valence-corrected chi connectivity index (χ3v) is 6.84. The molecular weight excluding hydrogens is 420 g/mol. The number of carbonyl (C=O) groups excluding carboxylic acids is 1. The Morgan fingerprint density at radius 2 is 1.77 bits per heavy atom. The second kappa shape index (κ2) is 10.3. The maximum Gasteiger partial charge on any atom is 0.244 e. The van der Waals surface area contributed by atoms with E-state index in [1.165, 1.54) is 11.1 Å². The average Bonchev–Trinajstić information content (AvgIpc) is 2.71. The Balaban J connectivity index is 2.31. The molecule has 1 atom stereocenters. The summed E-state index contributed by atoms with van der Waals surface area (Å²) in [6, 6.07) is 10.5. The maximum atomic E-state index is 13.1. The van der Waals surface area contributed by atoms with Gasteiger partial charge in [0.15, 0.2) is 0 Å². The number of nitrogens with one attached hydrogen (secondary N) is 1. The van der Waals surface area contributed by atoms with Gasteiger partial charge in [0.25, 0.3) is 0 Å². The fourth-order valence-electron chi connectivity index (χ4n) is 3.49. The van der Waals surface area contributed by atoms with Crippen molar-refractivity contribution in [3.8, 4) is 0 Å². The molecule has 0 radical (unpaired) electrons. The van der Waals surface area contributed by atoms with Gasteiger partial charge in [-0.15, -0.1) is 0 Å². The number of anilines is 1. The molecule has 1 N–H and O–H groups in total. The lowest BCUT2D eigenvalue weighted by Gasteiger charge is -2.30. The monoisotopic (exact) mass is 450 g/mol. The van der Waals surface area contributed by atoms with Gasteiger partial charge >= 0.3 is 0 Å². The van der Waals surface area contributed by atoms with Gasteiger partial charge in [-0.05, 0) is 60.6 Å². The van der Waals surface area contributed by atoms with E-state index in [4.69, 9.17) is 11.6 Å². The Kier molecular flexibility index (Phi) is 8.33. The summed E-state index contributed by atoms with van der Waals surface area (Å²) in [5.74, 6) is -0.330. The van der Waals surface area contributed by atoms with Crippen molar-refractivity contribution in [2.75, 3.05) is 10.6 Å². The van der Waals surface area contributed by atoms with E-state index in [1.807, 2.05) is 6.92 Å². The lowest BCUT2D eigenvalue weighted by Crippen LogP contribution is -2.49. The first-order valence-corrected chi connectivity index (χ1v) is 12.5. The zero-order chi connectivity index (χ0) is 22.5. The molecule has 0 spiro atoms. The average molecular weight is 451 g/mol. The Hall–Kier alpha value is -2.05. The summed E-state index contributed by atoms with van der Waals surface area (Å²) in [5, 5.41) is 3.40. The van der Waals surface area contributed by atoms with Crippen LogP contribution in [0.15, 0.2) is 36.4 Å². The zero-order valence-electron chi connectivity index (χ0n) is 18.3. The van der Waals surface area contributed by atoms with Crippen molar-refractivity contribution in [3.63, 3.8) is 0 Å². The first-order chi connectivity index (χ1) is 14.1. The molecule has 5 nitrogen and oxygen atoms in total. The summed E-state index contributed by atoms with van der Waals surface area (Å²) in [5.41, 5.74) is 4.66. The number of carbonyl (C=O) groups is 1. The van der Waals surface area contributed by atoms with Crippen LogP contribution in [0, 0.1) is 6.92 Å². The molecule has 0 heterocycles. The lowest BCUT2D eigenvalue weighted by atomic mass is 10.0. The fourth-order valence-corrected chi connectivity index (χ4v) is 4.87. The van der Waals surface area contributed by atoms with E-state index >= 15 is 0 Å². The predicted molar refractivity (Wildman–Crippen MR) is 125 cm³/mol. The number of nitrogens with zero attached hydrogens (tertiary/aromatic N) is 1. The molecule has 30 heavy (non-hydrogen) atoms. The van der Waals surface area contributed by atoms with Gasteiger partial charge < -0.3 is 5.32 Å². The summed E-state index contributed by atoms with van der Waals surface area (Å²) < 4.78 is 26.4. The predicted octanol–water partition coefficient (Wildman–Crippen LogP) is 4.63. The topological polar surface area (TPSA) is 66.5 Å². The van der Waals surface area contributed by atoms with Gasteiger partial charge in [-0.3, -0.25) is 9.10 Å². The van der Waals surface area contributed by atoms with Crippen molar-refractivity contribution in [3.05, 3.63) is 63.7 Å². The molecule has 0 aliphatic heterocycles. The highest BCUT2D eigenvalue weighted by molar-refractivity contribution is 7.92. The maximum absolute atomic E-state index is 13.1. The van der Waals surface area contributed by atoms with E-state index < -0.39 is 16.1 Å². The van der Waals surface area contributed by atoms with Gasteiger partial charge in [-0.2, -0.15) is 0 Å². The van der Waals surface area contributed by atoms with Crippen molar-refractivity contribution in [2.45, 2.75) is 59.5 Å². The molecule has 0 bridgehead atoms. The molecule has 2 rings (SSSR count). The summed E-state index contributed by atoms with van der Waals surface area (Å²) in [6.07, 6.45) is 3.22. The van der Waals surface area contributed by atoms with Gasteiger partial charge in [0, 0.05) is 11.6 Å². The van der Waals surface area contributed by atoms with Crippen LogP contribution in [0.25, 0.3) is 0 Å². The number of hydrogen-bond acceptors (Lipinski definition) is 3. The Morgan fingerprint density at radius 3 is 2.30 bits per heavy atom. The molecule has 0 fully saturated rings. The van der Waals surface area contributed by atoms with E-state index in [1.54, 1.807) is 25.1 Å². The fraction of sp³-hybridized carbons (Fsp3) is 0.435. The van der Waals surface area contributed by atoms with Gasteiger partial charge in [-0.1, -0.05) is 56.6 Å². The molecule has 1 unspecified atom stereocenters. The molecule has 164 valence electrons. The Morgan fingerprint density at radius 1 is 1.07 bits per heavy atom. The highest BCUT2D eigenvalue weighted by atomic mass is 35.5. The first kappa shape index (κ1) is 24.2. The highest BCUT2D eigenvalue weighted by Crippen LogP contribution is 2.27. The molecule has 2 aromatic carbocycles. The number of halogens is 1. The summed E-state index contributed by atoms with van der Waals surface area (Å²) in [4.78, 5) is 13.1. The van der Waals surface area contributed by atoms with Crippen LogP contribution < -0.4 is 9.62 Å². The van der Waals surface area contributed by atoms with Crippen molar-refractivity contribution in [2.24, 2.45) is 0 Å². The van der Waals surface area contributed by atoms with Gasteiger partial charge in [0.05, 0.1) is 11.9 Å². The number of hydrogen-bond donors (Lipinski definition) is 1. The van der Waals surface area contributed by atoms with Crippen LogP contribution >= 0.6 is 11.6 Å². The van der Waals surface area contributed by atoms with Crippen molar-refractivity contribution in [1.82, 2.24) is 5.32 Å². The third-order valence-electron chi connectivity index (χ3n) is 5.25. The quantitative estimate of drug-likeness (QED) is 0.605. The molecule has 0 aliphatic carbocycles. The molecule has 0 saturated heterocycles. The third kappa shape index (κ3) is 5.76. The second-order valence-corrected chi connectivity index (χ2v) is 9.71. The molecular formula is C23H31ClN2O3S. The van der Waals surface area contributed by atoms with E-state index in [9.17, 15) is 13.2 Å². The number of aryl methyl sites for hydroxylation is 3. The zero-order valence-corrected chi connectivity index (χ0v) is 19.9. The molecule has 1 amide bonds. The lowest BCUT2D eigenvalue weighted by molar-refractivity contribution is -0.122. The summed E-state index contributed by atoms with van der Waals surface area (Å²) in [6.45, 7) is 8.17. The van der Waals surface area contributed by atoms with E-state index in [0.717, 1.165) is 34.5 Å². The Bertz CT molecular complexity index is 1010. The van der Waals surface area contributed by atoms with Crippen LogP contribution in [-0.2, 0) is 34.2 Å². The summed E-state index contributed by atoms with van der Waals surface area (Å²) >= 11 is 6.22. The molecule has 2 aromatic rings.